The fourth-order valence-corrected chi connectivity index (χ4v) is 2.33. The van der Waals surface area contributed by atoms with E-state index in [1.807, 2.05) is 19.9 Å². The zero-order chi connectivity index (χ0) is 11.8. The molecule has 0 bridgehead atoms. The van der Waals surface area contributed by atoms with Crippen molar-refractivity contribution in [1.82, 2.24) is 9.97 Å². The molecule has 2 heterocycles. The zero-order valence-electron chi connectivity index (χ0n) is 9.69. The molecular weight excluding hydrogens is 218 g/mol. The standard InChI is InChI=1S/C12H15N3S/c1-8-5-7-16-10(8)9-4-6-14-11(15-9)12(2,3)13/h4-7H,13H2,1-3H3. The first kappa shape index (κ1) is 11.2. The van der Waals surface area contributed by atoms with Crippen LogP contribution in [0.3, 0.4) is 0 Å². The molecule has 84 valence electrons. The molecule has 0 radical (unpaired) electrons. The van der Waals surface area contributed by atoms with Gasteiger partial charge in [0.1, 0.15) is 5.82 Å². The van der Waals surface area contributed by atoms with E-state index in [0.717, 1.165) is 5.69 Å². The van der Waals surface area contributed by atoms with Crippen LogP contribution in [-0.4, -0.2) is 9.97 Å². The molecule has 0 spiro atoms. The SMILES string of the molecule is Cc1ccsc1-c1ccnc(C(C)(C)N)n1. The van der Waals surface area contributed by atoms with Crippen LogP contribution in [0.4, 0.5) is 0 Å². The molecular formula is C12H15N3S. The van der Waals surface area contributed by atoms with E-state index in [-0.39, 0.29) is 0 Å². The number of nitrogens with two attached hydrogens (primary N) is 1. The van der Waals surface area contributed by atoms with Gasteiger partial charge in [0.15, 0.2) is 0 Å². The van der Waals surface area contributed by atoms with Crippen molar-refractivity contribution in [2.75, 3.05) is 0 Å². The number of thiophene rings is 1. The molecule has 0 saturated carbocycles. The Labute approximate surface area is 99.4 Å². The first-order chi connectivity index (χ1) is 7.48. The molecule has 0 fully saturated rings. The predicted octanol–water partition coefficient (Wildman–Crippen LogP) is 2.71. The summed E-state index contributed by atoms with van der Waals surface area (Å²) in [4.78, 5) is 9.93. The Morgan fingerprint density at radius 2 is 2.06 bits per heavy atom. The van der Waals surface area contributed by atoms with Crippen LogP contribution >= 0.6 is 11.3 Å². The Morgan fingerprint density at radius 3 is 2.62 bits per heavy atom. The third-order valence-electron chi connectivity index (χ3n) is 2.33. The molecule has 0 amide bonds. The van der Waals surface area contributed by atoms with E-state index in [1.165, 1.54) is 10.4 Å². The van der Waals surface area contributed by atoms with Crippen LogP contribution in [0.5, 0.6) is 0 Å². The second-order valence-corrected chi connectivity index (χ2v) is 5.34. The summed E-state index contributed by atoms with van der Waals surface area (Å²) in [6.45, 7) is 5.90. The quantitative estimate of drug-likeness (QED) is 0.867. The summed E-state index contributed by atoms with van der Waals surface area (Å²) in [5.74, 6) is 0.679. The summed E-state index contributed by atoms with van der Waals surface area (Å²) in [6.07, 6.45) is 1.77. The molecule has 2 N–H and O–H groups in total. The van der Waals surface area contributed by atoms with Crippen LogP contribution in [0.25, 0.3) is 10.6 Å². The number of hydrogen-bond acceptors (Lipinski definition) is 4. The van der Waals surface area contributed by atoms with Crippen molar-refractivity contribution in [1.29, 1.82) is 0 Å². The van der Waals surface area contributed by atoms with Crippen molar-refractivity contribution in [2.24, 2.45) is 5.73 Å². The largest absolute Gasteiger partial charge is 0.319 e. The molecule has 0 aliphatic heterocycles. The van der Waals surface area contributed by atoms with Gasteiger partial charge in [-0.2, -0.15) is 0 Å². The number of nitrogens with zero attached hydrogens (tertiary/aromatic N) is 2. The van der Waals surface area contributed by atoms with Crippen LogP contribution < -0.4 is 5.73 Å². The predicted molar refractivity (Wildman–Crippen MR) is 67.3 cm³/mol. The average Bonchev–Trinajstić information content (AvgIpc) is 2.63. The highest BCUT2D eigenvalue weighted by atomic mass is 32.1. The smallest absolute Gasteiger partial charge is 0.148 e. The fourth-order valence-electron chi connectivity index (χ4n) is 1.43. The van der Waals surface area contributed by atoms with E-state index in [1.54, 1.807) is 17.5 Å². The van der Waals surface area contributed by atoms with Gasteiger partial charge in [-0.25, -0.2) is 9.97 Å². The summed E-state index contributed by atoms with van der Waals surface area (Å²) in [6, 6.07) is 4.02. The van der Waals surface area contributed by atoms with E-state index in [9.17, 15) is 0 Å². The molecule has 2 aromatic rings. The van der Waals surface area contributed by atoms with Gasteiger partial charge in [-0.3, -0.25) is 0 Å². The van der Waals surface area contributed by atoms with E-state index < -0.39 is 5.54 Å². The van der Waals surface area contributed by atoms with E-state index in [4.69, 9.17) is 5.73 Å². The van der Waals surface area contributed by atoms with Crippen LogP contribution in [0.2, 0.25) is 0 Å². The summed E-state index contributed by atoms with van der Waals surface area (Å²) >= 11 is 1.69. The number of hydrogen-bond donors (Lipinski definition) is 1. The maximum atomic E-state index is 6.00. The van der Waals surface area contributed by atoms with Gasteiger partial charge in [0.2, 0.25) is 0 Å². The topological polar surface area (TPSA) is 51.8 Å². The monoisotopic (exact) mass is 233 g/mol. The highest BCUT2D eigenvalue weighted by Crippen LogP contribution is 2.27. The molecule has 0 atom stereocenters. The normalized spacial score (nSPS) is 11.8. The zero-order valence-corrected chi connectivity index (χ0v) is 10.5. The Balaban J connectivity index is 2.49. The van der Waals surface area contributed by atoms with Crippen LogP contribution in [0.15, 0.2) is 23.7 Å². The lowest BCUT2D eigenvalue weighted by molar-refractivity contribution is 0.514. The van der Waals surface area contributed by atoms with E-state index >= 15 is 0 Å². The van der Waals surface area contributed by atoms with Crippen molar-refractivity contribution in [3.8, 4) is 10.6 Å². The molecule has 16 heavy (non-hydrogen) atoms. The Morgan fingerprint density at radius 1 is 1.31 bits per heavy atom. The minimum atomic E-state index is -0.499. The van der Waals surface area contributed by atoms with Gasteiger partial charge in [0, 0.05) is 6.20 Å². The van der Waals surface area contributed by atoms with Gasteiger partial charge in [-0.05, 0) is 43.8 Å². The van der Waals surface area contributed by atoms with E-state index in [2.05, 4.69) is 28.3 Å². The molecule has 0 unspecified atom stereocenters. The van der Waals surface area contributed by atoms with Gasteiger partial charge in [-0.1, -0.05) is 0 Å². The van der Waals surface area contributed by atoms with Crippen molar-refractivity contribution < 1.29 is 0 Å². The van der Waals surface area contributed by atoms with Gasteiger partial charge in [0.05, 0.1) is 16.1 Å². The summed E-state index contributed by atoms with van der Waals surface area (Å²) < 4.78 is 0. The minimum Gasteiger partial charge on any atom is -0.319 e. The van der Waals surface area contributed by atoms with Gasteiger partial charge in [-0.15, -0.1) is 11.3 Å². The molecule has 3 nitrogen and oxygen atoms in total. The highest BCUT2D eigenvalue weighted by Gasteiger charge is 2.18. The molecule has 0 aliphatic rings. The molecule has 0 saturated heterocycles. The minimum absolute atomic E-state index is 0.499. The Hall–Kier alpha value is -1.26. The second kappa shape index (κ2) is 3.96. The van der Waals surface area contributed by atoms with Crippen LogP contribution in [0, 0.1) is 6.92 Å². The maximum Gasteiger partial charge on any atom is 0.148 e. The first-order valence-electron chi connectivity index (χ1n) is 5.15. The van der Waals surface area contributed by atoms with Gasteiger partial charge in [0.25, 0.3) is 0 Å². The third kappa shape index (κ3) is 2.13. The molecule has 4 heteroatoms. The lowest BCUT2D eigenvalue weighted by Gasteiger charge is -2.16. The maximum absolute atomic E-state index is 6.00. The fraction of sp³-hybridized carbons (Fsp3) is 0.333. The van der Waals surface area contributed by atoms with Crippen molar-refractivity contribution in [3.05, 3.63) is 35.1 Å². The summed E-state index contributed by atoms with van der Waals surface area (Å²) in [5.41, 5.74) is 7.69. The van der Waals surface area contributed by atoms with Gasteiger partial charge >= 0.3 is 0 Å². The molecule has 2 aromatic heterocycles. The lowest BCUT2D eigenvalue weighted by Crippen LogP contribution is -2.31. The van der Waals surface area contributed by atoms with Crippen molar-refractivity contribution in [3.63, 3.8) is 0 Å². The highest BCUT2D eigenvalue weighted by molar-refractivity contribution is 7.13. The number of aryl methyl sites for hydroxylation is 1. The summed E-state index contributed by atoms with van der Waals surface area (Å²) in [5, 5.41) is 2.07. The van der Waals surface area contributed by atoms with Crippen molar-refractivity contribution in [2.45, 2.75) is 26.3 Å². The summed E-state index contributed by atoms with van der Waals surface area (Å²) in [7, 11) is 0. The first-order valence-corrected chi connectivity index (χ1v) is 6.03. The third-order valence-corrected chi connectivity index (χ3v) is 3.37. The lowest BCUT2D eigenvalue weighted by atomic mass is 10.1. The van der Waals surface area contributed by atoms with Crippen LogP contribution in [0.1, 0.15) is 25.2 Å². The van der Waals surface area contributed by atoms with E-state index in [0.29, 0.717) is 5.82 Å². The second-order valence-electron chi connectivity index (χ2n) is 4.42. The Kier molecular flexibility index (Phi) is 2.78. The molecule has 0 aromatic carbocycles. The van der Waals surface area contributed by atoms with Crippen LogP contribution in [-0.2, 0) is 5.54 Å². The molecule has 2 rings (SSSR count). The number of rotatable bonds is 2. The van der Waals surface area contributed by atoms with Crippen molar-refractivity contribution >= 4 is 11.3 Å². The van der Waals surface area contributed by atoms with Gasteiger partial charge < -0.3 is 5.73 Å². The number of aromatic nitrogens is 2. The average molecular weight is 233 g/mol. The molecule has 0 aliphatic carbocycles. The Bertz CT molecular complexity index is 497.